The fraction of sp³-hybridized carbons (Fsp3) is 0.217. The summed E-state index contributed by atoms with van der Waals surface area (Å²) in [7, 11) is -2.46. The number of methoxy groups -OCH3 is 1. The molecule has 4 aromatic rings. The van der Waals surface area contributed by atoms with Gasteiger partial charge >= 0.3 is 0 Å². The van der Waals surface area contributed by atoms with Crippen molar-refractivity contribution >= 4 is 31.6 Å². The SMILES string of the molecule is COc1cccnc1[C@@H](NS(=O)(=O)c1ccc2c(c1)OCCCO2)c1nc2ccccc2s1. The van der Waals surface area contributed by atoms with Crippen molar-refractivity contribution in [1.82, 2.24) is 14.7 Å². The maximum Gasteiger partial charge on any atom is 0.241 e. The van der Waals surface area contributed by atoms with Gasteiger partial charge in [-0.3, -0.25) is 4.98 Å². The number of fused-ring (bicyclic) bond motifs is 2. The summed E-state index contributed by atoms with van der Waals surface area (Å²) in [4.78, 5) is 9.17. The highest BCUT2D eigenvalue weighted by Gasteiger charge is 2.30. The number of rotatable bonds is 6. The summed E-state index contributed by atoms with van der Waals surface area (Å²) in [5.74, 6) is 1.39. The van der Waals surface area contributed by atoms with Crippen molar-refractivity contribution in [2.45, 2.75) is 17.4 Å². The van der Waals surface area contributed by atoms with E-state index >= 15 is 0 Å². The third kappa shape index (κ3) is 4.37. The number of hydrogen-bond acceptors (Lipinski definition) is 8. The summed E-state index contributed by atoms with van der Waals surface area (Å²) < 4.78 is 47.5. The summed E-state index contributed by atoms with van der Waals surface area (Å²) in [6.07, 6.45) is 2.33. The number of thiazole rings is 1. The lowest BCUT2D eigenvalue weighted by Gasteiger charge is -2.19. The van der Waals surface area contributed by atoms with Crippen LogP contribution in [0.2, 0.25) is 0 Å². The Labute approximate surface area is 195 Å². The van der Waals surface area contributed by atoms with Crippen molar-refractivity contribution in [2.24, 2.45) is 0 Å². The molecule has 3 heterocycles. The first-order valence-electron chi connectivity index (χ1n) is 10.3. The van der Waals surface area contributed by atoms with E-state index < -0.39 is 16.1 Å². The number of nitrogens with one attached hydrogen (secondary N) is 1. The summed E-state index contributed by atoms with van der Waals surface area (Å²) in [6, 6.07) is 14.9. The zero-order valence-electron chi connectivity index (χ0n) is 17.7. The van der Waals surface area contributed by atoms with Crippen LogP contribution in [-0.2, 0) is 10.0 Å². The molecule has 0 amide bonds. The van der Waals surface area contributed by atoms with Crippen LogP contribution in [0.3, 0.4) is 0 Å². The van der Waals surface area contributed by atoms with Gasteiger partial charge in [0.2, 0.25) is 10.0 Å². The lowest BCUT2D eigenvalue weighted by atomic mass is 10.2. The monoisotopic (exact) mass is 483 g/mol. The molecule has 8 nitrogen and oxygen atoms in total. The van der Waals surface area contributed by atoms with Gasteiger partial charge in [0, 0.05) is 18.7 Å². The lowest BCUT2D eigenvalue weighted by molar-refractivity contribution is 0.297. The molecule has 0 unspecified atom stereocenters. The van der Waals surface area contributed by atoms with Crippen LogP contribution in [0.25, 0.3) is 10.2 Å². The topological polar surface area (TPSA) is 99.6 Å². The molecule has 0 saturated carbocycles. The molecule has 170 valence electrons. The van der Waals surface area contributed by atoms with Gasteiger partial charge in [-0.15, -0.1) is 11.3 Å². The Bertz CT molecular complexity index is 1370. The van der Waals surface area contributed by atoms with Gasteiger partial charge < -0.3 is 14.2 Å². The average Bonchev–Trinajstić information content (AvgIpc) is 3.12. The number of hydrogen-bond donors (Lipinski definition) is 1. The van der Waals surface area contributed by atoms with E-state index in [1.165, 1.54) is 30.6 Å². The summed E-state index contributed by atoms with van der Waals surface area (Å²) in [5, 5.41) is 0.561. The number of para-hydroxylation sites is 1. The highest BCUT2D eigenvalue weighted by Crippen LogP contribution is 2.36. The molecule has 0 bridgehead atoms. The molecule has 0 spiro atoms. The minimum atomic E-state index is -3.98. The van der Waals surface area contributed by atoms with Crippen LogP contribution < -0.4 is 18.9 Å². The predicted octanol–water partition coefficient (Wildman–Crippen LogP) is 3.93. The van der Waals surface area contributed by atoms with Crippen LogP contribution in [0.4, 0.5) is 0 Å². The van der Waals surface area contributed by atoms with Gasteiger partial charge in [-0.05, 0) is 36.4 Å². The van der Waals surface area contributed by atoms with Gasteiger partial charge in [0.1, 0.15) is 22.5 Å². The van der Waals surface area contributed by atoms with Crippen LogP contribution in [-0.4, -0.2) is 38.7 Å². The quantitative estimate of drug-likeness (QED) is 0.444. The maximum absolute atomic E-state index is 13.5. The minimum absolute atomic E-state index is 0.0627. The first kappa shape index (κ1) is 21.6. The number of sulfonamides is 1. The second-order valence-corrected chi connectivity index (χ2v) is 10.1. The fourth-order valence-electron chi connectivity index (χ4n) is 3.56. The van der Waals surface area contributed by atoms with E-state index in [0.717, 1.165) is 16.6 Å². The standard InChI is InChI=1S/C23H21N3O5S2/c1-29-18-7-4-11-24-21(18)22(23-25-16-6-2-3-8-20(16)32-23)26-33(27,28)15-9-10-17-19(14-15)31-13-5-12-30-17/h2-4,6-11,14,22,26H,5,12-13H2,1H3/t22-/m1/s1. The molecule has 1 aliphatic heterocycles. The molecule has 1 atom stereocenters. The number of pyridine rings is 1. The summed E-state index contributed by atoms with van der Waals surface area (Å²) in [5.41, 5.74) is 1.21. The number of benzene rings is 2. The van der Waals surface area contributed by atoms with E-state index in [0.29, 0.717) is 41.2 Å². The van der Waals surface area contributed by atoms with Crippen LogP contribution >= 0.6 is 11.3 Å². The van der Waals surface area contributed by atoms with Gasteiger partial charge in [0.05, 0.1) is 35.4 Å². The molecule has 5 rings (SSSR count). The largest absolute Gasteiger partial charge is 0.495 e. The van der Waals surface area contributed by atoms with Crippen molar-refractivity contribution in [2.75, 3.05) is 20.3 Å². The van der Waals surface area contributed by atoms with E-state index in [-0.39, 0.29) is 4.90 Å². The number of ether oxygens (including phenoxy) is 3. The molecule has 2 aromatic carbocycles. The first-order chi connectivity index (χ1) is 16.0. The van der Waals surface area contributed by atoms with Crippen LogP contribution in [0.1, 0.15) is 23.2 Å². The van der Waals surface area contributed by atoms with E-state index in [1.54, 1.807) is 24.4 Å². The van der Waals surface area contributed by atoms with Gasteiger partial charge in [-0.2, -0.15) is 4.72 Å². The molecule has 1 aliphatic rings. The number of aromatic nitrogens is 2. The second-order valence-electron chi connectivity index (χ2n) is 7.32. The molecule has 1 N–H and O–H groups in total. The first-order valence-corrected chi connectivity index (χ1v) is 12.6. The third-order valence-electron chi connectivity index (χ3n) is 5.15. The molecule has 33 heavy (non-hydrogen) atoms. The summed E-state index contributed by atoms with van der Waals surface area (Å²) in [6.45, 7) is 0.986. The minimum Gasteiger partial charge on any atom is -0.495 e. The smallest absolute Gasteiger partial charge is 0.241 e. The number of nitrogens with zero attached hydrogens (tertiary/aromatic N) is 2. The Kier molecular flexibility index (Phi) is 5.88. The Morgan fingerprint density at radius 3 is 2.70 bits per heavy atom. The molecule has 0 saturated heterocycles. The highest BCUT2D eigenvalue weighted by molar-refractivity contribution is 7.89. The molecule has 0 aliphatic carbocycles. The second kappa shape index (κ2) is 8.97. The van der Waals surface area contributed by atoms with E-state index in [9.17, 15) is 8.42 Å². The van der Waals surface area contributed by atoms with Crippen LogP contribution in [0.5, 0.6) is 17.2 Å². The third-order valence-corrected chi connectivity index (χ3v) is 7.67. The highest BCUT2D eigenvalue weighted by atomic mass is 32.2. The molecular weight excluding hydrogens is 462 g/mol. The predicted molar refractivity (Wildman–Crippen MR) is 125 cm³/mol. The molecule has 0 radical (unpaired) electrons. The van der Waals surface area contributed by atoms with Gasteiger partial charge in [0.25, 0.3) is 0 Å². The molecule has 0 fully saturated rings. The fourth-order valence-corrected chi connectivity index (χ4v) is 5.84. The van der Waals surface area contributed by atoms with Gasteiger partial charge in [0.15, 0.2) is 11.5 Å². The van der Waals surface area contributed by atoms with Crippen molar-refractivity contribution in [3.05, 3.63) is 71.5 Å². The normalized spacial score (nSPS) is 14.6. The van der Waals surface area contributed by atoms with Gasteiger partial charge in [-0.1, -0.05) is 12.1 Å². The van der Waals surface area contributed by atoms with Gasteiger partial charge in [-0.25, -0.2) is 13.4 Å². The lowest BCUT2D eigenvalue weighted by Crippen LogP contribution is -2.30. The van der Waals surface area contributed by atoms with Crippen molar-refractivity contribution in [1.29, 1.82) is 0 Å². The van der Waals surface area contributed by atoms with E-state index in [1.807, 2.05) is 24.3 Å². The maximum atomic E-state index is 13.5. The van der Waals surface area contributed by atoms with Crippen LogP contribution in [0.15, 0.2) is 65.7 Å². The van der Waals surface area contributed by atoms with Crippen molar-refractivity contribution in [3.63, 3.8) is 0 Å². The molecule has 2 aromatic heterocycles. The summed E-state index contributed by atoms with van der Waals surface area (Å²) >= 11 is 1.40. The van der Waals surface area contributed by atoms with Crippen LogP contribution in [0, 0.1) is 0 Å². The Hall–Kier alpha value is -3.21. The van der Waals surface area contributed by atoms with E-state index in [2.05, 4.69) is 14.7 Å². The average molecular weight is 484 g/mol. The van der Waals surface area contributed by atoms with Crippen molar-refractivity contribution in [3.8, 4) is 17.2 Å². The Morgan fingerprint density at radius 1 is 1.06 bits per heavy atom. The van der Waals surface area contributed by atoms with Crippen molar-refractivity contribution < 1.29 is 22.6 Å². The molecular formula is C23H21N3O5S2. The molecule has 10 heteroatoms. The zero-order valence-corrected chi connectivity index (χ0v) is 19.4. The van der Waals surface area contributed by atoms with E-state index in [4.69, 9.17) is 14.2 Å². The Morgan fingerprint density at radius 2 is 1.88 bits per heavy atom. The Balaban J connectivity index is 1.57. The zero-order chi connectivity index (χ0) is 22.8.